The van der Waals surface area contributed by atoms with E-state index in [1.165, 1.54) is 11.1 Å². The van der Waals surface area contributed by atoms with Crippen LogP contribution in [0.4, 0.5) is 36.6 Å². The highest BCUT2D eigenvalue weighted by Crippen LogP contribution is 2.42. The molecular formula is C34H29F7N8O2S. The van der Waals surface area contributed by atoms with E-state index >= 15 is 8.78 Å². The van der Waals surface area contributed by atoms with Crippen LogP contribution in [0.2, 0.25) is 0 Å². The smallest absolute Gasteiger partial charge is 0.417 e. The highest BCUT2D eigenvalue weighted by atomic mass is 32.1. The molecule has 3 aliphatic heterocycles. The molecule has 0 N–H and O–H groups in total. The van der Waals surface area contributed by atoms with Gasteiger partial charge < -0.3 is 14.5 Å². The Balaban J connectivity index is 1.28. The molecule has 3 aliphatic rings. The number of nitrogens with zero attached hydrogens (tertiary/aromatic N) is 8. The number of hydrogen-bond donors (Lipinski definition) is 0. The number of ether oxygens (including phenoxy) is 1. The molecule has 4 aromatic rings. The van der Waals surface area contributed by atoms with Gasteiger partial charge in [0.25, 0.3) is 5.91 Å². The van der Waals surface area contributed by atoms with Crippen LogP contribution in [-0.2, 0) is 11.0 Å². The van der Waals surface area contributed by atoms with E-state index in [0.717, 1.165) is 30.0 Å². The summed E-state index contributed by atoms with van der Waals surface area (Å²) in [5.74, 6) is -4.36. The molecule has 3 aromatic heterocycles. The second-order valence-corrected chi connectivity index (χ2v) is 13.8. The molecule has 272 valence electrons. The first-order valence-corrected chi connectivity index (χ1v) is 17.2. The number of anilines is 1. The molecule has 0 aliphatic carbocycles. The zero-order valence-corrected chi connectivity index (χ0v) is 28.0. The van der Waals surface area contributed by atoms with Crippen molar-refractivity contribution >= 4 is 40.0 Å². The van der Waals surface area contributed by atoms with Gasteiger partial charge in [0, 0.05) is 62.0 Å². The number of nitriles is 1. The Morgan fingerprint density at radius 1 is 1.15 bits per heavy atom. The average molecular weight is 747 g/mol. The van der Waals surface area contributed by atoms with Crippen molar-refractivity contribution in [2.45, 2.75) is 49.6 Å². The third-order valence-corrected chi connectivity index (χ3v) is 10.4. The first kappa shape index (κ1) is 35.5. The summed E-state index contributed by atoms with van der Waals surface area (Å²) < 4.78 is 108. The molecule has 0 bridgehead atoms. The van der Waals surface area contributed by atoms with E-state index in [4.69, 9.17) is 4.74 Å². The van der Waals surface area contributed by atoms with Crippen LogP contribution in [0, 0.1) is 23.0 Å². The van der Waals surface area contributed by atoms with Crippen LogP contribution >= 0.6 is 11.3 Å². The van der Waals surface area contributed by atoms with Crippen molar-refractivity contribution < 1.29 is 40.3 Å². The summed E-state index contributed by atoms with van der Waals surface area (Å²) in [4.78, 5) is 34.7. The molecule has 52 heavy (non-hydrogen) atoms. The summed E-state index contributed by atoms with van der Waals surface area (Å²) in [5.41, 5.74) is -4.10. The van der Waals surface area contributed by atoms with Gasteiger partial charge in [-0.2, -0.15) is 28.4 Å². The topological polar surface area (TPSA) is 111 Å². The summed E-state index contributed by atoms with van der Waals surface area (Å²) in [5, 5.41) is 11.5. The summed E-state index contributed by atoms with van der Waals surface area (Å²) >= 11 is 1.13. The lowest BCUT2D eigenvalue weighted by molar-refractivity contribution is -0.137. The third kappa shape index (κ3) is 6.74. The predicted molar refractivity (Wildman–Crippen MR) is 175 cm³/mol. The lowest BCUT2D eigenvalue weighted by atomic mass is 9.95. The van der Waals surface area contributed by atoms with E-state index < -0.39 is 69.6 Å². The fourth-order valence-electron chi connectivity index (χ4n) is 7.33. The summed E-state index contributed by atoms with van der Waals surface area (Å²) in [7, 11) is 0. The predicted octanol–water partition coefficient (Wildman–Crippen LogP) is 6.34. The fraction of sp³-hybridized carbons (Fsp3) is 0.412. The number of benzene rings is 1. The van der Waals surface area contributed by atoms with Crippen LogP contribution in [0.5, 0.6) is 6.01 Å². The zero-order chi connectivity index (χ0) is 36.8. The molecule has 3 saturated heterocycles. The number of piperazine rings is 1. The van der Waals surface area contributed by atoms with E-state index in [1.807, 2.05) is 11.0 Å². The second kappa shape index (κ2) is 13.9. The van der Waals surface area contributed by atoms with E-state index in [1.54, 1.807) is 10.3 Å². The molecule has 3 fully saturated rings. The van der Waals surface area contributed by atoms with Gasteiger partial charge in [0.2, 0.25) is 0 Å². The Bertz CT molecular complexity index is 2080. The minimum Gasteiger partial charge on any atom is -0.461 e. The molecule has 0 saturated carbocycles. The first-order chi connectivity index (χ1) is 24.9. The SMILES string of the molecule is N#CC[C@H]1CN(c2nc(OC[C@@]34CCCN3C[C@H](F)C4)nc3c(F)c(-c4cc(F)ccc4C(F)(F)F)ncc23)CCN1C(=O)/C(F)=C/c1nccs1. The maximum Gasteiger partial charge on any atom is 0.417 e. The summed E-state index contributed by atoms with van der Waals surface area (Å²) in [6.07, 6.45) is -1.09. The van der Waals surface area contributed by atoms with Crippen LogP contribution in [0.3, 0.4) is 0 Å². The van der Waals surface area contributed by atoms with Crippen molar-refractivity contribution in [1.82, 2.24) is 29.7 Å². The molecule has 1 amide bonds. The van der Waals surface area contributed by atoms with E-state index in [9.17, 15) is 32.0 Å². The zero-order valence-electron chi connectivity index (χ0n) is 27.2. The number of pyridine rings is 1. The number of hydrogen-bond acceptors (Lipinski definition) is 10. The van der Waals surface area contributed by atoms with Gasteiger partial charge in [-0.3, -0.25) is 14.7 Å². The lowest BCUT2D eigenvalue weighted by Crippen LogP contribution is -2.55. The molecule has 18 heteroatoms. The maximum atomic E-state index is 16.5. The lowest BCUT2D eigenvalue weighted by Gasteiger charge is -2.41. The Morgan fingerprint density at radius 2 is 1.98 bits per heavy atom. The molecule has 1 aromatic carbocycles. The van der Waals surface area contributed by atoms with Gasteiger partial charge in [0.1, 0.15) is 40.6 Å². The Morgan fingerprint density at radius 3 is 2.73 bits per heavy atom. The monoisotopic (exact) mass is 746 g/mol. The number of amides is 1. The normalized spacial score (nSPS) is 22.5. The Kier molecular flexibility index (Phi) is 9.50. The van der Waals surface area contributed by atoms with Crippen LogP contribution in [-0.4, -0.2) is 92.7 Å². The number of alkyl halides is 4. The van der Waals surface area contributed by atoms with E-state index in [-0.39, 0.29) is 67.8 Å². The van der Waals surface area contributed by atoms with Crippen LogP contribution < -0.4 is 9.64 Å². The number of halogens is 7. The quantitative estimate of drug-likeness (QED) is 0.151. The van der Waals surface area contributed by atoms with Gasteiger partial charge in [-0.1, -0.05) is 0 Å². The molecular weight excluding hydrogens is 717 g/mol. The maximum absolute atomic E-state index is 16.5. The highest BCUT2D eigenvalue weighted by Gasteiger charge is 2.49. The second-order valence-electron chi connectivity index (χ2n) is 12.9. The van der Waals surface area contributed by atoms with Crippen molar-refractivity contribution in [2.75, 3.05) is 44.2 Å². The standard InChI is InChI=1S/C34H29F7N8O2S/c35-19-2-3-24(34(39,40)41)22(12-19)28-27(38)29-23(15-44-28)30(46-32(45-29)51-18-33-5-1-8-48(33)16-20(36)14-33)47-9-10-49(21(17-47)4-6-42)31(50)25(37)13-26-43-7-11-52-26/h2-3,7,11-13,15,20-21H,1,4-5,8-10,14,16-18H2/b25-13-/t20-,21+,33+/m1/s1. The van der Waals surface area contributed by atoms with Crippen LogP contribution in [0.25, 0.3) is 28.2 Å². The molecule has 3 atom stereocenters. The minimum atomic E-state index is -4.97. The van der Waals surface area contributed by atoms with Gasteiger partial charge >= 0.3 is 12.2 Å². The Hall–Kier alpha value is -4.89. The molecule has 6 heterocycles. The van der Waals surface area contributed by atoms with Crippen molar-refractivity contribution in [2.24, 2.45) is 0 Å². The number of rotatable bonds is 8. The molecule has 7 rings (SSSR count). The van der Waals surface area contributed by atoms with Gasteiger partial charge in [-0.15, -0.1) is 11.3 Å². The molecule has 0 spiro atoms. The van der Waals surface area contributed by atoms with Gasteiger partial charge in [0.05, 0.1) is 35.0 Å². The number of fused-ring (bicyclic) bond motifs is 2. The third-order valence-electron chi connectivity index (χ3n) is 9.69. The number of thiazole rings is 1. The number of carbonyl (C=O) groups is 1. The largest absolute Gasteiger partial charge is 0.461 e. The van der Waals surface area contributed by atoms with Crippen molar-refractivity contribution in [3.63, 3.8) is 0 Å². The van der Waals surface area contributed by atoms with Crippen molar-refractivity contribution in [3.05, 3.63) is 64.0 Å². The summed E-state index contributed by atoms with van der Waals surface area (Å²) in [6.45, 7) is 0.682. The minimum absolute atomic E-state index is 0.0104. The first-order valence-electron chi connectivity index (χ1n) is 16.3. The van der Waals surface area contributed by atoms with Gasteiger partial charge in [0.15, 0.2) is 11.6 Å². The van der Waals surface area contributed by atoms with Crippen LogP contribution in [0.1, 0.15) is 36.3 Å². The molecule has 0 unspecified atom stereocenters. The fourth-order valence-corrected chi connectivity index (χ4v) is 7.88. The summed E-state index contributed by atoms with van der Waals surface area (Å²) in [6, 6.07) is 2.42. The van der Waals surface area contributed by atoms with Crippen molar-refractivity contribution in [1.29, 1.82) is 5.26 Å². The molecule has 0 radical (unpaired) electrons. The van der Waals surface area contributed by atoms with Crippen LogP contribution in [0.15, 0.2) is 41.8 Å². The van der Waals surface area contributed by atoms with E-state index in [0.29, 0.717) is 31.2 Å². The number of carbonyl (C=O) groups excluding carboxylic acids is 1. The average Bonchev–Trinajstić information content (AvgIpc) is 3.83. The van der Waals surface area contributed by atoms with Gasteiger partial charge in [-0.25, -0.2) is 22.5 Å². The molecule has 10 nitrogen and oxygen atoms in total. The highest BCUT2D eigenvalue weighted by molar-refractivity contribution is 7.10. The Labute approximate surface area is 296 Å². The van der Waals surface area contributed by atoms with Crippen molar-refractivity contribution in [3.8, 4) is 23.3 Å². The number of aromatic nitrogens is 4. The van der Waals surface area contributed by atoms with E-state index in [2.05, 4.69) is 19.9 Å². The van der Waals surface area contributed by atoms with Gasteiger partial charge in [-0.05, 0) is 37.6 Å².